The predicted molar refractivity (Wildman–Crippen MR) is 48.9 cm³/mol. The first-order chi connectivity index (χ1) is 7.26. The average molecular weight is 282 g/mol. The minimum absolute atomic E-state index is 0.597. The molecular formula is C8H5F7OS. The summed E-state index contributed by atoms with van der Waals surface area (Å²) < 4.78 is 85.0. The fraction of sp³-hybridized carbons (Fsp3) is 0.125. The molecule has 0 atom stereocenters. The van der Waals surface area contributed by atoms with Crippen molar-refractivity contribution in [3.63, 3.8) is 0 Å². The molecule has 0 aliphatic rings. The first-order valence-electron chi connectivity index (χ1n) is 3.97. The molecule has 0 amide bonds. The van der Waals surface area contributed by atoms with Crippen molar-refractivity contribution in [1.29, 1.82) is 0 Å². The predicted octanol–water partition coefficient (Wildman–Crippen LogP) is 4.76. The lowest BCUT2D eigenvalue weighted by Gasteiger charge is -2.44. The smallest absolute Gasteiger partial charge is 0.286 e. The molecule has 0 aromatic heterocycles. The van der Waals surface area contributed by atoms with Gasteiger partial charge in [-0.05, 0) is 0 Å². The van der Waals surface area contributed by atoms with E-state index in [1.54, 1.807) is 0 Å². The van der Waals surface area contributed by atoms with Gasteiger partial charge < -0.3 is 0 Å². The number of hydrogen-bond acceptors (Lipinski definition) is 1. The highest BCUT2D eigenvalue weighted by atomic mass is 32.5. The van der Waals surface area contributed by atoms with Gasteiger partial charge in [-0.1, -0.05) is 49.8 Å². The topological polar surface area (TPSA) is 17.1 Å². The van der Waals surface area contributed by atoms with Crippen LogP contribution in [0.1, 0.15) is 10.4 Å². The zero-order valence-corrected chi connectivity index (χ0v) is 8.67. The van der Waals surface area contributed by atoms with Gasteiger partial charge >= 0.3 is 15.5 Å². The van der Waals surface area contributed by atoms with Crippen LogP contribution >= 0.6 is 10.2 Å². The number of alkyl halides is 2. The van der Waals surface area contributed by atoms with Gasteiger partial charge in [0.25, 0.3) is 5.78 Å². The molecule has 0 radical (unpaired) electrons. The Labute approximate surface area is 91.0 Å². The summed E-state index contributed by atoms with van der Waals surface area (Å²) in [5.74, 6) is -2.96. The molecule has 0 aliphatic carbocycles. The zero-order chi connectivity index (χ0) is 13.6. The summed E-state index contributed by atoms with van der Waals surface area (Å²) in [6, 6.07) is 4.39. The van der Waals surface area contributed by atoms with E-state index in [9.17, 15) is 33.0 Å². The normalized spacial score (nSPS) is 17.1. The number of carbonyl (C=O) groups excluding carboxylic acids is 1. The molecule has 0 fully saturated rings. The second kappa shape index (κ2) is 2.95. The third-order valence-electron chi connectivity index (χ3n) is 1.78. The molecule has 9 heteroatoms. The van der Waals surface area contributed by atoms with E-state index in [4.69, 9.17) is 0 Å². The molecular weight excluding hydrogens is 277 g/mol. The van der Waals surface area contributed by atoms with Crippen LogP contribution in [0.3, 0.4) is 0 Å². The van der Waals surface area contributed by atoms with E-state index in [2.05, 4.69) is 0 Å². The Morgan fingerprint density at radius 2 is 1.35 bits per heavy atom. The Balaban J connectivity index is 3.33. The first-order valence-corrected chi connectivity index (χ1v) is 5.92. The van der Waals surface area contributed by atoms with E-state index < -0.39 is 26.8 Å². The van der Waals surface area contributed by atoms with Gasteiger partial charge in [-0.15, -0.1) is 0 Å². The van der Waals surface area contributed by atoms with Crippen molar-refractivity contribution < 1.29 is 33.0 Å². The molecule has 0 N–H and O–H groups in total. The highest BCUT2D eigenvalue weighted by Crippen LogP contribution is 3.04. The summed E-state index contributed by atoms with van der Waals surface area (Å²) in [5.41, 5.74) is -1.13. The van der Waals surface area contributed by atoms with Crippen molar-refractivity contribution in [3.8, 4) is 0 Å². The highest BCUT2D eigenvalue weighted by molar-refractivity contribution is 8.47. The van der Waals surface area contributed by atoms with Crippen LogP contribution in [-0.4, -0.2) is 11.0 Å². The van der Waals surface area contributed by atoms with Crippen LogP contribution in [0, 0.1) is 0 Å². The minimum Gasteiger partial charge on any atom is -0.286 e. The summed E-state index contributed by atoms with van der Waals surface area (Å²) in [5, 5.41) is -6.68. The second-order valence-corrected chi connectivity index (χ2v) is 5.63. The molecule has 0 spiro atoms. The number of ketones is 1. The van der Waals surface area contributed by atoms with Crippen LogP contribution in [0.5, 0.6) is 0 Å². The van der Waals surface area contributed by atoms with E-state index in [0.29, 0.717) is 12.1 Å². The van der Waals surface area contributed by atoms with Crippen molar-refractivity contribution in [1.82, 2.24) is 0 Å². The fourth-order valence-electron chi connectivity index (χ4n) is 0.933. The lowest BCUT2D eigenvalue weighted by atomic mass is 10.1. The summed E-state index contributed by atoms with van der Waals surface area (Å²) in [7, 11) is -11.2. The Hall–Kier alpha value is -1.25. The van der Waals surface area contributed by atoms with Gasteiger partial charge in [0.15, 0.2) is 0 Å². The zero-order valence-electron chi connectivity index (χ0n) is 7.85. The third kappa shape index (κ3) is 2.38. The maximum atomic E-state index is 12.6. The van der Waals surface area contributed by atoms with Gasteiger partial charge in [-0.3, -0.25) is 4.79 Å². The molecule has 1 nitrogen and oxygen atoms in total. The van der Waals surface area contributed by atoms with Gasteiger partial charge in [-0.2, -0.15) is 8.78 Å². The van der Waals surface area contributed by atoms with E-state index >= 15 is 0 Å². The molecule has 98 valence electrons. The number of Topliss-reactive ketones (excluding diaryl/α,β-unsaturated/α-hetero) is 1. The SMILES string of the molecule is O=C(c1ccccc1)C(F)(F)S(F)(F)(F)(F)F. The molecule has 0 unspecified atom stereocenters. The van der Waals surface area contributed by atoms with Gasteiger partial charge in [-0.25, -0.2) is 0 Å². The van der Waals surface area contributed by atoms with Crippen molar-refractivity contribution in [2.45, 2.75) is 5.25 Å². The van der Waals surface area contributed by atoms with Crippen LogP contribution < -0.4 is 0 Å². The maximum Gasteiger partial charge on any atom is 0.443 e. The molecule has 0 bridgehead atoms. The number of hydrogen-bond donors (Lipinski definition) is 0. The van der Waals surface area contributed by atoms with E-state index in [1.807, 2.05) is 0 Å². The van der Waals surface area contributed by atoms with Crippen molar-refractivity contribution in [2.75, 3.05) is 0 Å². The molecule has 1 rings (SSSR count). The molecule has 17 heavy (non-hydrogen) atoms. The molecule has 0 saturated heterocycles. The number of benzene rings is 1. The second-order valence-electron chi connectivity index (χ2n) is 3.18. The van der Waals surface area contributed by atoms with Crippen LogP contribution in [-0.2, 0) is 0 Å². The average Bonchev–Trinajstić information content (AvgIpc) is 2.14. The fourth-order valence-corrected chi connectivity index (χ4v) is 1.40. The molecule has 0 heterocycles. The summed E-state index contributed by atoms with van der Waals surface area (Å²) in [6.07, 6.45) is 0. The lowest BCUT2D eigenvalue weighted by Crippen LogP contribution is -2.40. The number of rotatable bonds is 3. The molecule has 1 aromatic carbocycles. The summed E-state index contributed by atoms with van der Waals surface area (Å²) >= 11 is 0. The van der Waals surface area contributed by atoms with E-state index in [1.165, 1.54) is 6.07 Å². The van der Waals surface area contributed by atoms with Gasteiger partial charge in [0.2, 0.25) is 0 Å². The highest BCUT2D eigenvalue weighted by Gasteiger charge is 2.86. The third-order valence-corrected chi connectivity index (χ3v) is 2.94. The standard InChI is InChI=1S/C8H5F7OS/c9-8(10,17(11,12,13,14)15)7(16)6-4-2-1-3-5-6/h1-5H. The van der Waals surface area contributed by atoms with Crippen LogP contribution in [0.15, 0.2) is 30.3 Å². The molecule has 0 saturated carbocycles. The molecule has 1 aromatic rings. The Bertz CT molecular complexity index is 449. The quantitative estimate of drug-likeness (QED) is 0.577. The van der Waals surface area contributed by atoms with Crippen molar-refractivity contribution in [3.05, 3.63) is 35.9 Å². The van der Waals surface area contributed by atoms with Gasteiger partial charge in [0.1, 0.15) is 0 Å². The first kappa shape index (κ1) is 13.8. The molecule has 0 aliphatic heterocycles. The van der Waals surface area contributed by atoms with E-state index in [0.717, 1.165) is 12.1 Å². The number of carbonyl (C=O) groups is 1. The minimum atomic E-state index is -11.2. The van der Waals surface area contributed by atoms with Crippen LogP contribution in [0.2, 0.25) is 0 Å². The lowest BCUT2D eigenvalue weighted by molar-refractivity contribution is 0.0325. The van der Waals surface area contributed by atoms with Crippen molar-refractivity contribution in [2.24, 2.45) is 0 Å². The summed E-state index contributed by atoms with van der Waals surface area (Å²) in [6.45, 7) is 0. The number of halogens is 7. The Morgan fingerprint density at radius 1 is 0.941 bits per heavy atom. The Morgan fingerprint density at radius 3 is 1.71 bits per heavy atom. The maximum absolute atomic E-state index is 12.6. The van der Waals surface area contributed by atoms with Crippen molar-refractivity contribution >= 4 is 16.0 Å². The van der Waals surface area contributed by atoms with Crippen LogP contribution in [0.25, 0.3) is 0 Å². The summed E-state index contributed by atoms with van der Waals surface area (Å²) in [4.78, 5) is 10.8. The monoisotopic (exact) mass is 282 g/mol. The van der Waals surface area contributed by atoms with Gasteiger partial charge in [0.05, 0.1) is 0 Å². The largest absolute Gasteiger partial charge is 0.443 e. The van der Waals surface area contributed by atoms with Crippen LogP contribution in [0.4, 0.5) is 28.2 Å². The van der Waals surface area contributed by atoms with Gasteiger partial charge in [0, 0.05) is 5.56 Å². The van der Waals surface area contributed by atoms with E-state index in [-0.39, 0.29) is 0 Å². The Kier molecular flexibility index (Phi) is 2.40.